The molecule has 0 saturated heterocycles. The van der Waals surface area contributed by atoms with Gasteiger partial charge in [0.1, 0.15) is 5.82 Å². The highest BCUT2D eigenvalue weighted by Gasteiger charge is 2.29. The van der Waals surface area contributed by atoms with Crippen molar-refractivity contribution in [3.8, 4) is 0 Å². The summed E-state index contributed by atoms with van der Waals surface area (Å²) in [6.45, 7) is 2.03. The lowest BCUT2D eigenvalue weighted by Gasteiger charge is -2.13. The van der Waals surface area contributed by atoms with E-state index in [1.807, 2.05) is 0 Å². The second-order valence-electron chi connectivity index (χ2n) is 5.49. The van der Waals surface area contributed by atoms with Gasteiger partial charge in [0.05, 0.1) is 10.8 Å². The van der Waals surface area contributed by atoms with Crippen molar-refractivity contribution in [3.05, 3.63) is 71.0 Å². The van der Waals surface area contributed by atoms with E-state index in [2.05, 4.69) is 5.32 Å². The Morgan fingerprint density at radius 2 is 1.60 bits per heavy atom. The molecule has 2 aromatic carbocycles. The monoisotopic (exact) mass is 371 g/mol. The van der Waals surface area contributed by atoms with Crippen molar-refractivity contribution in [1.29, 1.82) is 0 Å². The first-order valence-electron chi connectivity index (χ1n) is 7.55. The number of rotatable bonds is 6. The lowest BCUT2D eigenvalue weighted by molar-refractivity contribution is -0.137. The van der Waals surface area contributed by atoms with Gasteiger partial charge in [-0.15, -0.1) is 11.8 Å². The van der Waals surface area contributed by atoms with Gasteiger partial charge in [-0.3, -0.25) is 4.79 Å². The molecule has 0 aromatic heterocycles. The average molecular weight is 371 g/mol. The van der Waals surface area contributed by atoms with Crippen molar-refractivity contribution in [2.75, 3.05) is 0 Å². The fourth-order valence-electron chi connectivity index (χ4n) is 2.02. The maximum absolute atomic E-state index is 12.8. The zero-order chi connectivity index (χ0) is 18.4. The van der Waals surface area contributed by atoms with Gasteiger partial charge in [0, 0.05) is 12.3 Å². The van der Waals surface area contributed by atoms with Crippen LogP contribution in [-0.4, -0.2) is 11.2 Å². The van der Waals surface area contributed by atoms with Crippen LogP contribution in [0.25, 0.3) is 0 Å². The van der Waals surface area contributed by atoms with Crippen molar-refractivity contribution in [3.63, 3.8) is 0 Å². The number of hydrogen-bond donors (Lipinski definition) is 1. The Bertz CT molecular complexity index is 699. The highest BCUT2D eigenvalue weighted by molar-refractivity contribution is 7.99. The van der Waals surface area contributed by atoms with Gasteiger partial charge >= 0.3 is 6.18 Å². The summed E-state index contributed by atoms with van der Waals surface area (Å²) in [7, 11) is 0. The number of carbonyl (C=O) groups excluding carboxylic acids is 1. The summed E-state index contributed by atoms with van der Waals surface area (Å²) in [6, 6.07) is 10.7. The Balaban J connectivity index is 1.79. The Labute approximate surface area is 147 Å². The van der Waals surface area contributed by atoms with Crippen LogP contribution in [0.2, 0.25) is 0 Å². The van der Waals surface area contributed by atoms with E-state index >= 15 is 0 Å². The van der Waals surface area contributed by atoms with Crippen molar-refractivity contribution in [2.24, 2.45) is 0 Å². The lowest BCUT2D eigenvalue weighted by atomic mass is 10.1. The third kappa shape index (κ3) is 6.08. The number of thioether (sulfide) groups is 1. The minimum absolute atomic E-state index is 0.179. The molecule has 7 heteroatoms. The zero-order valence-electron chi connectivity index (χ0n) is 13.4. The molecule has 0 radical (unpaired) electrons. The van der Waals surface area contributed by atoms with Crippen molar-refractivity contribution >= 4 is 17.7 Å². The molecule has 2 aromatic rings. The number of carbonyl (C=O) groups is 1. The molecule has 2 nitrogen and oxygen atoms in total. The molecule has 134 valence electrons. The van der Waals surface area contributed by atoms with E-state index in [0.29, 0.717) is 12.3 Å². The SMILES string of the molecule is C[C@H](SCc1ccc(C(F)(F)F)cc1)C(=O)NCc1ccc(F)cc1. The van der Waals surface area contributed by atoms with Gasteiger partial charge in [0.25, 0.3) is 0 Å². The molecule has 0 fully saturated rings. The molecule has 1 atom stereocenters. The highest BCUT2D eigenvalue weighted by Crippen LogP contribution is 2.29. The fraction of sp³-hybridized carbons (Fsp3) is 0.278. The quantitative estimate of drug-likeness (QED) is 0.741. The van der Waals surface area contributed by atoms with Crippen LogP contribution in [0.4, 0.5) is 17.6 Å². The number of halogens is 4. The number of amides is 1. The van der Waals surface area contributed by atoms with Crippen molar-refractivity contribution in [1.82, 2.24) is 5.32 Å². The smallest absolute Gasteiger partial charge is 0.351 e. The summed E-state index contributed by atoms with van der Waals surface area (Å²) < 4.78 is 50.3. The van der Waals surface area contributed by atoms with E-state index in [1.54, 1.807) is 19.1 Å². The first kappa shape index (κ1) is 19.3. The summed E-state index contributed by atoms with van der Waals surface area (Å²) >= 11 is 1.34. The molecule has 25 heavy (non-hydrogen) atoms. The van der Waals surface area contributed by atoms with Crippen molar-refractivity contribution in [2.45, 2.75) is 30.6 Å². The molecule has 1 amide bonds. The largest absolute Gasteiger partial charge is 0.416 e. The van der Waals surface area contributed by atoms with E-state index in [9.17, 15) is 22.4 Å². The molecule has 0 bridgehead atoms. The molecule has 0 aliphatic rings. The molecule has 0 saturated carbocycles. The maximum atomic E-state index is 12.8. The first-order chi connectivity index (χ1) is 11.8. The molecule has 0 aliphatic carbocycles. The highest BCUT2D eigenvalue weighted by atomic mass is 32.2. The normalized spacial score (nSPS) is 12.7. The van der Waals surface area contributed by atoms with Crippen LogP contribution in [0.5, 0.6) is 0 Å². The molecule has 2 rings (SSSR count). The van der Waals surface area contributed by atoms with Crippen LogP contribution in [0.15, 0.2) is 48.5 Å². The topological polar surface area (TPSA) is 29.1 Å². The fourth-order valence-corrected chi connectivity index (χ4v) is 2.89. The molecule has 0 unspecified atom stereocenters. The van der Waals surface area contributed by atoms with E-state index < -0.39 is 11.7 Å². The average Bonchev–Trinajstić information content (AvgIpc) is 2.58. The Morgan fingerprint density at radius 1 is 1.04 bits per heavy atom. The Hall–Kier alpha value is -2.02. The molecule has 0 aliphatic heterocycles. The van der Waals surface area contributed by atoms with Gasteiger partial charge in [-0.05, 0) is 42.3 Å². The molecule has 0 spiro atoms. The van der Waals surface area contributed by atoms with Crippen LogP contribution >= 0.6 is 11.8 Å². The number of nitrogens with one attached hydrogen (secondary N) is 1. The number of alkyl halides is 3. The zero-order valence-corrected chi connectivity index (χ0v) is 14.3. The number of benzene rings is 2. The Kier molecular flexibility index (Phi) is 6.47. The lowest BCUT2D eigenvalue weighted by Crippen LogP contribution is -2.30. The number of hydrogen-bond acceptors (Lipinski definition) is 2. The van der Waals surface area contributed by atoms with Gasteiger partial charge < -0.3 is 5.32 Å². The van der Waals surface area contributed by atoms with Gasteiger partial charge in [-0.1, -0.05) is 24.3 Å². The van der Waals surface area contributed by atoms with Crippen LogP contribution in [0, 0.1) is 5.82 Å². The van der Waals surface area contributed by atoms with Gasteiger partial charge in [0.2, 0.25) is 5.91 Å². The summed E-state index contributed by atoms with van der Waals surface area (Å²) in [4.78, 5) is 12.0. The van der Waals surface area contributed by atoms with Crippen LogP contribution < -0.4 is 5.32 Å². The van der Waals surface area contributed by atoms with Gasteiger partial charge in [0.15, 0.2) is 0 Å². The third-order valence-electron chi connectivity index (χ3n) is 3.53. The summed E-state index contributed by atoms with van der Waals surface area (Å²) in [5.41, 5.74) is 0.817. The second-order valence-corrected chi connectivity index (χ2v) is 6.82. The second kappa shape index (κ2) is 8.38. The predicted octanol–water partition coefficient (Wildman–Crippen LogP) is 4.78. The van der Waals surface area contributed by atoms with E-state index in [-0.39, 0.29) is 17.0 Å². The molecular weight excluding hydrogens is 354 g/mol. The van der Waals surface area contributed by atoms with Crippen LogP contribution in [0.3, 0.4) is 0 Å². The summed E-state index contributed by atoms with van der Waals surface area (Å²) in [6.07, 6.45) is -4.35. The van der Waals surface area contributed by atoms with Crippen LogP contribution in [0.1, 0.15) is 23.6 Å². The van der Waals surface area contributed by atoms with Crippen LogP contribution in [-0.2, 0) is 23.3 Å². The Morgan fingerprint density at radius 3 is 2.16 bits per heavy atom. The van der Waals surface area contributed by atoms with Gasteiger partial charge in [-0.2, -0.15) is 13.2 Å². The maximum Gasteiger partial charge on any atom is 0.416 e. The minimum Gasteiger partial charge on any atom is -0.351 e. The van der Waals surface area contributed by atoms with Gasteiger partial charge in [-0.25, -0.2) is 4.39 Å². The van der Waals surface area contributed by atoms with E-state index in [1.165, 1.54) is 36.0 Å². The first-order valence-corrected chi connectivity index (χ1v) is 8.60. The molecular formula is C18H17F4NOS. The summed E-state index contributed by atoms with van der Waals surface area (Å²) in [5.74, 6) is -0.0831. The van der Waals surface area contributed by atoms with E-state index in [0.717, 1.165) is 23.3 Å². The standard InChI is InChI=1S/C18H17F4NOS/c1-12(17(24)23-10-13-4-8-16(19)9-5-13)25-11-14-2-6-15(7-3-14)18(20,21)22/h2-9,12H,10-11H2,1H3,(H,23,24)/t12-/m0/s1. The third-order valence-corrected chi connectivity index (χ3v) is 4.74. The predicted molar refractivity (Wildman–Crippen MR) is 90.4 cm³/mol. The minimum atomic E-state index is -4.35. The van der Waals surface area contributed by atoms with E-state index in [4.69, 9.17) is 0 Å². The molecule has 0 heterocycles. The molecule has 1 N–H and O–H groups in total. The summed E-state index contributed by atoms with van der Waals surface area (Å²) in [5, 5.41) is 2.39. The van der Waals surface area contributed by atoms with Crippen molar-refractivity contribution < 1.29 is 22.4 Å².